The van der Waals surface area contributed by atoms with Crippen LogP contribution in [0.2, 0.25) is 0 Å². The lowest BCUT2D eigenvalue weighted by molar-refractivity contribution is -0.128. The monoisotopic (exact) mass is 349 g/mol. The van der Waals surface area contributed by atoms with Crippen LogP contribution in [0.1, 0.15) is 12.0 Å². The van der Waals surface area contributed by atoms with Crippen LogP contribution in [-0.2, 0) is 11.3 Å². The molecule has 1 atom stereocenters. The third-order valence-electron chi connectivity index (χ3n) is 2.54. The first-order valence-corrected chi connectivity index (χ1v) is 6.63. The molecular formula is C11H10Br2FNO. The first-order valence-electron chi connectivity index (χ1n) is 4.92. The Labute approximate surface area is 110 Å². The minimum absolute atomic E-state index is 0.0733. The molecule has 1 aromatic carbocycles. The van der Waals surface area contributed by atoms with E-state index < -0.39 is 0 Å². The van der Waals surface area contributed by atoms with E-state index in [9.17, 15) is 9.18 Å². The predicted octanol–water partition coefficient (Wildman–Crippen LogP) is 3.08. The molecule has 1 aliphatic rings. The first kappa shape index (κ1) is 12.0. The lowest BCUT2D eigenvalue weighted by Crippen LogP contribution is -2.25. The minimum Gasteiger partial charge on any atom is -0.337 e. The largest absolute Gasteiger partial charge is 0.337 e. The Balaban J connectivity index is 2.12. The van der Waals surface area contributed by atoms with Gasteiger partial charge in [0.1, 0.15) is 5.82 Å². The van der Waals surface area contributed by atoms with Crippen molar-refractivity contribution in [3.05, 3.63) is 34.1 Å². The summed E-state index contributed by atoms with van der Waals surface area (Å²) in [7, 11) is 0. The van der Waals surface area contributed by atoms with E-state index >= 15 is 0 Å². The molecule has 16 heavy (non-hydrogen) atoms. The van der Waals surface area contributed by atoms with E-state index in [0.29, 0.717) is 29.5 Å². The number of hydrogen-bond donors (Lipinski definition) is 0. The number of amides is 1. The fourth-order valence-corrected chi connectivity index (χ4v) is 2.69. The van der Waals surface area contributed by atoms with Crippen molar-refractivity contribution >= 4 is 37.8 Å². The third-order valence-corrected chi connectivity index (χ3v) is 3.65. The predicted molar refractivity (Wildman–Crippen MR) is 66.8 cm³/mol. The van der Waals surface area contributed by atoms with E-state index in [0.717, 1.165) is 0 Å². The molecule has 0 radical (unpaired) electrons. The minimum atomic E-state index is -0.278. The highest BCUT2D eigenvalue weighted by atomic mass is 79.9. The van der Waals surface area contributed by atoms with Gasteiger partial charge in [0, 0.05) is 34.4 Å². The van der Waals surface area contributed by atoms with Crippen molar-refractivity contribution in [1.82, 2.24) is 4.90 Å². The normalized spacial score (nSPS) is 20.6. The van der Waals surface area contributed by atoms with Crippen molar-refractivity contribution in [3.63, 3.8) is 0 Å². The molecule has 2 nitrogen and oxygen atoms in total. The van der Waals surface area contributed by atoms with Crippen molar-refractivity contribution in [1.29, 1.82) is 0 Å². The average Bonchev–Trinajstić information content (AvgIpc) is 2.50. The zero-order chi connectivity index (χ0) is 11.7. The molecule has 1 aliphatic heterocycles. The molecule has 0 saturated carbocycles. The van der Waals surface area contributed by atoms with E-state index in [4.69, 9.17) is 0 Å². The second-order valence-corrected chi connectivity index (χ2v) is 6.02. The number of hydrogen-bond acceptors (Lipinski definition) is 1. The highest BCUT2D eigenvalue weighted by Crippen LogP contribution is 2.22. The van der Waals surface area contributed by atoms with Crippen LogP contribution < -0.4 is 0 Å². The zero-order valence-electron chi connectivity index (χ0n) is 8.42. The maximum absolute atomic E-state index is 13.5. The van der Waals surface area contributed by atoms with Gasteiger partial charge in [-0.3, -0.25) is 4.79 Å². The van der Waals surface area contributed by atoms with Crippen LogP contribution >= 0.6 is 31.9 Å². The number of alkyl halides is 1. The summed E-state index contributed by atoms with van der Waals surface area (Å²) < 4.78 is 14.3. The smallest absolute Gasteiger partial charge is 0.224 e. The molecule has 0 spiro atoms. The van der Waals surface area contributed by atoms with Gasteiger partial charge in [0.2, 0.25) is 5.91 Å². The molecule has 1 aromatic rings. The van der Waals surface area contributed by atoms with E-state index in [1.165, 1.54) is 6.07 Å². The molecule has 0 bridgehead atoms. The summed E-state index contributed by atoms with van der Waals surface area (Å²) >= 11 is 6.60. The summed E-state index contributed by atoms with van der Waals surface area (Å²) in [6.07, 6.45) is 0.498. The van der Waals surface area contributed by atoms with Gasteiger partial charge >= 0.3 is 0 Å². The number of carbonyl (C=O) groups excluding carboxylic acids is 1. The fraction of sp³-hybridized carbons (Fsp3) is 0.364. The number of rotatable bonds is 2. The number of benzene rings is 1. The van der Waals surface area contributed by atoms with Crippen LogP contribution in [0.4, 0.5) is 4.39 Å². The molecule has 1 heterocycles. The quantitative estimate of drug-likeness (QED) is 0.750. The third kappa shape index (κ3) is 2.63. The van der Waals surface area contributed by atoms with Crippen LogP contribution in [0.3, 0.4) is 0 Å². The molecule has 2 rings (SSSR count). The van der Waals surface area contributed by atoms with E-state index in [1.807, 2.05) is 0 Å². The Hall–Kier alpha value is -0.420. The average molecular weight is 351 g/mol. The molecule has 1 saturated heterocycles. The van der Waals surface area contributed by atoms with Crippen LogP contribution in [-0.4, -0.2) is 22.2 Å². The summed E-state index contributed by atoms with van der Waals surface area (Å²) in [6, 6.07) is 4.90. The highest BCUT2D eigenvalue weighted by Gasteiger charge is 2.27. The summed E-state index contributed by atoms with van der Waals surface area (Å²) in [5.74, 6) is -0.204. The van der Waals surface area contributed by atoms with Crippen LogP contribution in [0.25, 0.3) is 0 Å². The number of halogens is 3. The molecule has 5 heteroatoms. The molecular weight excluding hydrogens is 341 g/mol. The van der Waals surface area contributed by atoms with Gasteiger partial charge in [-0.2, -0.15) is 0 Å². The van der Waals surface area contributed by atoms with Crippen LogP contribution in [0.5, 0.6) is 0 Å². The lowest BCUT2D eigenvalue weighted by Gasteiger charge is -2.16. The zero-order valence-corrected chi connectivity index (χ0v) is 11.6. The van der Waals surface area contributed by atoms with Gasteiger partial charge in [0.25, 0.3) is 0 Å². The van der Waals surface area contributed by atoms with Crippen molar-refractivity contribution in [2.24, 2.45) is 0 Å². The fourth-order valence-electron chi connectivity index (χ4n) is 1.73. The van der Waals surface area contributed by atoms with Crippen LogP contribution in [0.15, 0.2) is 22.7 Å². The highest BCUT2D eigenvalue weighted by molar-refractivity contribution is 9.10. The van der Waals surface area contributed by atoms with Gasteiger partial charge in [-0.15, -0.1) is 0 Å². The maximum atomic E-state index is 13.5. The molecule has 1 unspecified atom stereocenters. The molecule has 0 aromatic heterocycles. The van der Waals surface area contributed by atoms with Gasteiger partial charge in [-0.1, -0.05) is 37.9 Å². The van der Waals surface area contributed by atoms with Crippen molar-refractivity contribution in [3.8, 4) is 0 Å². The lowest BCUT2D eigenvalue weighted by atomic mass is 10.2. The van der Waals surface area contributed by atoms with Gasteiger partial charge < -0.3 is 4.90 Å². The summed E-state index contributed by atoms with van der Waals surface area (Å²) in [6.45, 7) is 0.994. The topological polar surface area (TPSA) is 20.3 Å². The Morgan fingerprint density at radius 3 is 2.81 bits per heavy atom. The summed E-state index contributed by atoms with van der Waals surface area (Å²) in [5, 5.41) is 0. The second-order valence-electron chi connectivity index (χ2n) is 3.81. The van der Waals surface area contributed by atoms with Crippen LogP contribution in [0, 0.1) is 5.82 Å². The molecule has 0 aliphatic carbocycles. The van der Waals surface area contributed by atoms with Crippen molar-refractivity contribution < 1.29 is 9.18 Å². The molecule has 0 N–H and O–H groups in total. The number of nitrogens with zero attached hydrogens (tertiary/aromatic N) is 1. The van der Waals surface area contributed by atoms with Gasteiger partial charge in [0.05, 0.1) is 0 Å². The van der Waals surface area contributed by atoms with E-state index in [-0.39, 0.29) is 16.6 Å². The Kier molecular flexibility index (Phi) is 3.64. The molecule has 86 valence electrons. The summed E-state index contributed by atoms with van der Waals surface area (Å²) in [4.78, 5) is 13.4. The Bertz CT molecular complexity index is 424. The summed E-state index contributed by atoms with van der Waals surface area (Å²) in [5.41, 5.74) is 0.554. The SMILES string of the molecule is O=C1CC(Br)CN1Cc1ccc(Br)cc1F. The van der Waals surface area contributed by atoms with Crippen molar-refractivity contribution in [2.75, 3.05) is 6.54 Å². The Morgan fingerprint density at radius 2 is 2.25 bits per heavy atom. The molecule has 1 fully saturated rings. The van der Waals surface area contributed by atoms with Gasteiger partial charge in [0.15, 0.2) is 0 Å². The Morgan fingerprint density at radius 1 is 1.50 bits per heavy atom. The number of likely N-dealkylation sites (tertiary alicyclic amines) is 1. The maximum Gasteiger partial charge on any atom is 0.224 e. The molecule has 1 amide bonds. The van der Waals surface area contributed by atoms with E-state index in [1.54, 1.807) is 17.0 Å². The standard InChI is InChI=1S/C11H10Br2FNO/c12-8-2-1-7(10(14)3-8)5-15-6-9(13)4-11(15)16/h1-3,9H,4-6H2. The van der Waals surface area contributed by atoms with Gasteiger partial charge in [-0.25, -0.2) is 4.39 Å². The van der Waals surface area contributed by atoms with E-state index in [2.05, 4.69) is 31.9 Å². The van der Waals surface area contributed by atoms with Crippen molar-refractivity contribution in [2.45, 2.75) is 17.8 Å². The first-order chi connectivity index (χ1) is 7.56. The second kappa shape index (κ2) is 4.84. The van der Waals surface area contributed by atoms with Gasteiger partial charge in [-0.05, 0) is 12.1 Å². The number of carbonyl (C=O) groups is 1.